The minimum Gasteiger partial charge on any atom is -0.392 e. The van der Waals surface area contributed by atoms with Crippen LogP contribution in [0.4, 0.5) is 11.4 Å². The first-order valence-electron chi connectivity index (χ1n) is 9.69. The SMILES string of the molecule is CC1(C)C2CCC1(CS(=O)(=O)N(c1ccccc1)c1cccc(Cl)c1)C(O)C2. The lowest BCUT2D eigenvalue weighted by molar-refractivity contribution is 0.0153. The van der Waals surface area contributed by atoms with E-state index in [2.05, 4.69) is 13.8 Å². The van der Waals surface area contributed by atoms with Gasteiger partial charge in [0.05, 0.1) is 23.2 Å². The number of nitrogens with zero attached hydrogens (tertiary/aromatic N) is 1. The fourth-order valence-corrected chi connectivity index (χ4v) is 7.96. The highest BCUT2D eigenvalue weighted by Gasteiger charge is 2.65. The van der Waals surface area contributed by atoms with Gasteiger partial charge < -0.3 is 5.11 Å². The molecule has 0 saturated heterocycles. The second kappa shape index (κ2) is 6.75. The lowest BCUT2D eigenvalue weighted by Crippen LogP contribution is -2.47. The number of anilines is 2. The van der Waals surface area contributed by atoms with E-state index in [-0.39, 0.29) is 11.2 Å². The average molecular weight is 420 g/mol. The Balaban J connectivity index is 1.80. The molecule has 2 aliphatic carbocycles. The molecule has 2 aliphatic rings. The monoisotopic (exact) mass is 419 g/mol. The van der Waals surface area contributed by atoms with Crippen molar-refractivity contribution in [1.82, 2.24) is 0 Å². The number of hydrogen-bond acceptors (Lipinski definition) is 3. The topological polar surface area (TPSA) is 57.6 Å². The molecule has 4 rings (SSSR count). The van der Waals surface area contributed by atoms with Crippen LogP contribution in [0.1, 0.15) is 33.1 Å². The zero-order valence-electron chi connectivity index (χ0n) is 16.2. The molecule has 0 aliphatic heterocycles. The van der Waals surface area contributed by atoms with E-state index in [1.807, 2.05) is 18.2 Å². The summed E-state index contributed by atoms with van der Waals surface area (Å²) in [7, 11) is -3.76. The highest BCUT2D eigenvalue weighted by molar-refractivity contribution is 7.93. The van der Waals surface area contributed by atoms with Crippen molar-refractivity contribution in [1.29, 1.82) is 0 Å². The third kappa shape index (κ3) is 2.95. The molecule has 2 aromatic rings. The van der Waals surface area contributed by atoms with Gasteiger partial charge in [0, 0.05) is 10.4 Å². The molecule has 0 amide bonds. The molecular formula is C22H26ClNO3S. The Kier molecular flexibility index (Phi) is 4.76. The Labute approximate surface area is 172 Å². The average Bonchev–Trinajstić information content (AvgIpc) is 2.96. The predicted octanol–water partition coefficient (Wildman–Crippen LogP) is 5.00. The Morgan fingerprint density at radius 2 is 1.79 bits per heavy atom. The summed E-state index contributed by atoms with van der Waals surface area (Å²) < 4.78 is 29.0. The van der Waals surface area contributed by atoms with E-state index < -0.39 is 21.5 Å². The van der Waals surface area contributed by atoms with Crippen molar-refractivity contribution in [2.45, 2.75) is 39.2 Å². The van der Waals surface area contributed by atoms with Gasteiger partial charge in [0.1, 0.15) is 0 Å². The highest BCUT2D eigenvalue weighted by atomic mass is 35.5. The van der Waals surface area contributed by atoms with Crippen molar-refractivity contribution in [3.8, 4) is 0 Å². The van der Waals surface area contributed by atoms with E-state index in [0.29, 0.717) is 28.7 Å². The number of aliphatic hydroxyl groups is 1. The summed E-state index contributed by atoms with van der Waals surface area (Å²) in [5.74, 6) is 0.292. The van der Waals surface area contributed by atoms with Gasteiger partial charge in [0.15, 0.2) is 0 Å². The number of fused-ring (bicyclic) bond motifs is 2. The van der Waals surface area contributed by atoms with Gasteiger partial charge in [-0.1, -0.05) is 49.7 Å². The second-order valence-corrected chi connectivity index (χ2v) is 11.0. The number of benzene rings is 2. The van der Waals surface area contributed by atoms with Crippen molar-refractivity contribution in [2.24, 2.45) is 16.7 Å². The van der Waals surface area contributed by atoms with Crippen LogP contribution in [0.3, 0.4) is 0 Å². The van der Waals surface area contributed by atoms with Crippen molar-refractivity contribution in [3.05, 3.63) is 59.6 Å². The van der Waals surface area contributed by atoms with E-state index in [4.69, 9.17) is 11.6 Å². The summed E-state index contributed by atoms with van der Waals surface area (Å²) in [6.07, 6.45) is 1.81. The van der Waals surface area contributed by atoms with E-state index >= 15 is 0 Å². The standard InChI is InChI=1S/C22H26ClNO3S/c1-21(2)16-11-12-22(21,20(25)13-16)15-28(26,27)24(18-8-4-3-5-9-18)19-10-6-7-17(23)14-19/h3-10,14,16,20,25H,11-13,15H2,1-2H3. The lowest BCUT2D eigenvalue weighted by atomic mass is 9.70. The molecule has 0 aromatic heterocycles. The molecule has 6 heteroatoms. The number of rotatable bonds is 5. The molecule has 3 unspecified atom stereocenters. The predicted molar refractivity (Wildman–Crippen MR) is 113 cm³/mol. The van der Waals surface area contributed by atoms with Gasteiger partial charge in [-0.2, -0.15) is 0 Å². The second-order valence-electron chi connectivity index (χ2n) is 8.70. The van der Waals surface area contributed by atoms with Crippen LogP contribution in [0.5, 0.6) is 0 Å². The summed E-state index contributed by atoms with van der Waals surface area (Å²) in [5, 5.41) is 11.3. The highest BCUT2D eigenvalue weighted by Crippen LogP contribution is 2.66. The van der Waals surface area contributed by atoms with Crippen molar-refractivity contribution >= 4 is 33.0 Å². The van der Waals surface area contributed by atoms with Crippen LogP contribution < -0.4 is 4.31 Å². The van der Waals surface area contributed by atoms with E-state index in [1.165, 1.54) is 4.31 Å². The van der Waals surface area contributed by atoms with Gasteiger partial charge in [-0.3, -0.25) is 0 Å². The fourth-order valence-electron chi connectivity index (χ4n) is 5.41. The molecule has 2 aromatic carbocycles. The molecule has 0 heterocycles. The van der Waals surface area contributed by atoms with Gasteiger partial charge in [-0.05, 0) is 60.9 Å². The molecule has 2 bridgehead atoms. The van der Waals surface area contributed by atoms with Crippen LogP contribution in [0.2, 0.25) is 5.02 Å². The number of sulfonamides is 1. The largest absolute Gasteiger partial charge is 0.392 e. The van der Waals surface area contributed by atoms with Crippen molar-refractivity contribution in [2.75, 3.05) is 10.1 Å². The van der Waals surface area contributed by atoms with Gasteiger partial charge >= 0.3 is 0 Å². The third-order valence-electron chi connectivity index (χ3n) is 7.14. The number of para-hydroxylation sites is 1. The molecular weight excluding hydrogens is 394 g/mol. The van der Waals surface area contributed by atoms with Crippen molar-refractivity contribution in [3.63, 3.8) is 0 Å². The molecule has 2 saturated carbocycles. The molecule has 0 spiro atoms. The minimum absolute atomic E-state index is 0.0773. The van der Waals surface area contributed by atoms with Crippen LogP contribution in [0.15, 0.2) is 54.6 Å². The molecule has 2 fully saturated rings. The van der Waals surface area contributed by atoms with Crippen LogP contribution in [0, 0.1) is 16.7 Å². The lowest BCUT2D eigenvalue weighted by Gasteiger charge is -2.41. The smallest absolute Gasteiger partial charge is 0.240 e. The zero-order valence-corrected chi connectivity index (χ0v) is 17.7. The van der Waals surface area contributed by atoms with Gasteiger partial charge in [0.2, 0.25) is 10.0 Å². The number of aliphatic hydroxyl groups excluding tert-OH is 1. The maximum atomic E-state index is 13.8. The molecule has 28 heavy (non-hydrogen) atoms. The van der Waals surface area contributed by atoms with Gasteiger partial charge in [-0.25, -0.2) is 12.7 Å². The maximum Gasteiger partial charge on any atom is 0.240 e. The first-order valence-corrected chi connectivity index (χ1v) is 11.7. The fraction of sp³-hybridized carbons (Fsp3) is 0.455. The van der Waals surface area contributed by atoms with E-state index in [1.54, 1.807) is 36.4 Å². The molecule has 1 N–H and O–H groups in total. The number of hydrogen-bond donors (Lipinski definition) is 1. The van der Waals surface area contributed by atoms with Crippen LogP contribution in [-0.4, -0.2) is 25.4 Å². The molecule has 3 atom stereocenters. The van der Waals surface area contributed by atoms with Crippen LogP contribution in [0.25, 0.3) is 0 Å². The summed E-state index contributed by atoms with van der Waals surface area (Å²) >= 11 is 6.17. The normalized spacial score (nSPS) is 28.4. The minimum atomic E-state index is -3.76. The van der Waals surface area contributed by atoms with Gasteiger partial charge in [-0.15, -0.1) is 0 Å². The van der Waals surface area contributed by atoms with Crippen molar-refractivity contribution < 1.29 is 13.5 Å². The summed E-state index contributed by atoms with van der Waals surface area (Å²) in [6, 6.07) is 16.0. The van der Waals surface area contributed by atoms with Crippen LogP contribution >= 0.6 is 11.6 Å². The maximum absolute atomic E-state index is 13.8. The quantitative estimate of drug-likeness (QED) is 0.742. The Morgan fingerprint density at radius 3 is 2.36 bits per heavy atom. The Morgan fingerprint density at radius 1 is 1.11 bits per heavy atom. The molecule has 150 valence electrons. The Bertz CT molecular complexity index is 976. The van der Waals surface area contributed by atoms with Gasteiger partial charge in [0.25, 0.3) is 0 Å². The molecule has 4 nitrogen and oxygen atoms in total. The zero-order chi connectivity index (χ0) is 20.2. The Hall–Kier alpha value is -1.56. The van der Waals surface area contributed by atoms with E-state index in [9.17, 15) is 13.5 Å². The summed E-state index contributed by atoms with van der Waals surface area (Å²) in [5.41, 5.74) is 0.245. The first kappa shape index (κ1) is 19.7. The first-order chi connectivity index (χ1) is 13.2. The summed E-state index contributed by atoms with van der Waals surface area (Å²) in [4.78, 5) is 0. The summed E-state index contributed by atoms with van der Waals surface area (Å²) in [6.45, 7) is 4.23. The third-order valence-corrected chi connectivity index (χ3v) is 9.23. The number of halogens is 1. The van der Waals surface area contributed by atoms with Crippen LogP contribution in [-0.2, 0) is 10.0 Å². The molecule has 0 radical (unpaired) electrons. The van der Waals surface area contributed by atoms with E-state index in [0.717, 1.165) is 12.8 Å².